The maximum Gasteiger partial charge on any atom is 0.327 e. The van der Waals surface area contributed by atoms with Gasteiger partial charge in [-0.3, -0.25) is 62.3 Å². The number of carbonyl (C=O) groups excluding carboxylic acids is 12. The summed E-state index contributed by atoms with van der Waals surface area (Å²) in [6.45, 7) is 0.950. The number of primary amides is 1. The summed E-state index contributed by atoms with van der Waals surface area (Å²) in [7, 11) is 0. The number of carbonyl (C=O) groups is 14. The Morgan fingerprint density at radius 2 is 1.09 bits per heavy atom. The van der Waals surface area contributed by atoms with E-state index in [4.69, 9.17) is 11.5 Å². The number of carboxylic acid groups (broad SMARTS) is 2. The number of nitrogens with zero attached hydrogens (tertiary/aromatic N) is 2. The number of aliphatic hydroxyl groups excluding tert-OH is 3. The topological polar surface area (TPSA) is 580 Å². The first-order valence-corrected chi connectivity index (χ1v) is 34.0. The number of nitrogens with two attached hydrogens (primary N) is 2. The van der Waals surface area contributed by atoms with E-state index in [9.17, 15) is 93.0 Å². The molecule has 14 atom stereocenters. The SMILES string of the molecule is C[C@@H](O)[C@H](NC(=O)[C@H](CO)NC(=O)[C@H](Cc1cnc[nH]1)NC(=O)[C@H](CC(=O)O)NC(=O)[C@H](Cc1ccccc1)NC(=O)[C@@H]1CCCN1C(=O)[C@H](Cc1ccc(O)cc1)NC(=O)[C@H](CCC(N)=O)NC(=O)[C@@H](NC(=O)[C@H](Cc1c[nH]c2ccccc12)NC(=O)[C@@H](N)CS)[C@@H](C)O)C(=O)N[C@@H](CS)C(=O)O. The second-order valence-corrected chi connectivity index (χ2v) is 25.4. The zero-order valence-electron chi connectivity index (χ0n) is 56.4. The minimum Gasteiger partial charge on any atom is -0.508 e. The maximum atomic E-state index is 15.1. The van der Waals surface area contributed by atoms with Crippen molar-refractivity contribution in [2.45, 2.75) is 156 Å². The molecule has 36 nitrogen and oxygen atoms in total. The van der Waals surface area contributed by atoms with Crippen LogP contribution in [0.2, 0.25) is 0 Å². The highest BCUT2D eigenvalue weighted by molar-refractivity contribution is 7.80. The minimum atomic E-state index is -2.04. The fourth-order valence-electron chi connectivity index (χ4n) is 11.1. The van der Waals surface area contributed by atoms with Crippen LogP contribution in [0, 0.1) is 0 Å². The molecule has 1 aliphatic rings. The molecule has 12 amide bonds. The van der Waals surface area contributed by atoms with Crippen LogP contribution in [0.5, 0.6) is 5.75 Å². The Bertz CT molecular complexity index is 3850. The molecule has 38 heteroatoms. The summed E-state index contributed by atoms with van der Waals surface area (Å²) in [5.74, 6) is -16.7. The summed E-state index contributed by atoms with van der Waals surface area (Å²) in [6.07, 6.45) is -2.61. The number of para-hydroxylation sites is 1. The van der Waals surface area contributed by atoms with Crippen molar-refractivity contribution < 1.29 is 97.8 Å². The number of hydrogen-bond acceptors (Lipinski definition) is 22. The number of nitrogens with one attached hydrogen (secondary N) is 12. The van der Waals surface area contributed by atoms with Gasteiger partial charge in [-0.15, -0.1) is 0 Å². The lowest BCUT2D eigenvalue weighted by molar-refractivity contribution is -0.143. The van der Waals surface area contributed by atoms with Gasteiger partial charge in [0.2, 0.25) is 70.9 Å². The number of phenols is 1. The largest absolute Gasteiger partial charge is 0.508 e. The van der Waals surface area contributed by atoms with Crippen LogP contribution < -0.4 is 64.6 Å². The molecule has 104 heavy (non-hydrogen) atoms. The van der Waals surface area contributed by atoms with E-state index < -0.39 is 200 Å². The zero-order valence-corrected chi connectivity index (χ0v) is 58.1. The average Bonchev–Trinajstić information content (AvgIpc) is 1.62. The zero-order chi connectivity index (χ0) is 76.5. The fraction of sp³-hybridized carbons (Fsp3) is 0.439. The van der Waals surface area contributed by atoms with Crippen molar-refractivity contribution in [1.29, 1.82) is 0 Å². The van der Waals surface area contributed by atoms with E-state index in [0.29, 0.717) is 27.6 Å². The van der Waals surface area contributed by atoms with Gasteiger partial charge in [-0.2, -0.15) is 25.3 Å². The highest BCUT2D eigenvalue weighted by Crippen LogP contribution is 2.23. The van der Waals surface area contributed by atoms with Crippen LogP contribution in [0.25, 0.3) is 10.9 Å². The lowest BCUT2D eigenvalue weighted by atomic mass is 10.0. The van der Waals surface area contributed by atoms with Gasteiger partial charge in [0, 0.05) is 79.1 Å². The molecule has 3 aromatic carbocycles. The van der Waals surface area contributed by atoms with Gasteiger partial charge in [-0.25, -0.2) is 9.78 Å². The third-order valence-electron chi connectivity index (χ3n) is 16.7. The molecule has 22 N–H and O–H groups in total. The van der Waals surface area contributed by atoms with E-state index in [0.717, 1.165) is 18.7 Å². The number of H-pyrrole nitrogens is 2. The second-order valence-electron chi connectivity index (χ2n) is 24.6. The number of carboxylic acids is 2. The van der Waals surface area contributed by atoms with Crippen molar-refractivity contribution in [3.8, 4) is 5.75 Å². The first kappa shape index (κ1) is 82.3. The maximum absolute atomic E-state index is 15.1. The Morgan fingerprint density at radius 3 is 1.66 bits per heavy atom. The Hall–Kier alpha value is -10.7. The number of thiol groups is 2. The van der Waals surface area contributed by atoms with E-state index in [2.05, 4.69) is 93.4 Å². The molecular weight excluding hydrogens is 1400 g/mol. The lowest BCUT2D eigenvalue weighted by Gasteiger charge is -2.31. The van der Waals surface area contributed by atoms with Crippen LogP contribution in [0.3, 0.4) is 0 Å². The number of aliphatic carboxylic acids is 2. The molecule has 0 aliphatic carbocycles. The Kier molecular flexibility index (Phi) is 31.4. The molecule has 562 valence electrons. The summed E-state index contributed by atoms with van der Waals surface area (Å²) in [5.41, 5.74) is 13.7. The standard InChI is InChI=1S/C66H86N16O20S2/c1-32(84)53(80-60(95)44(73-55(90)40(67)29-103)23-36-26-70-41-12-7-6-11-39(36)41)63(98)72-42(18-19-51(68)87)56(91)77-47(22-35-14-16-38(86)17-15-35)65(100)82-20-8-13-50(82)62(97)76-43(21-34-9-4-3-5-10-34)57(92)75-46(25-52(88)89)59(94)74-45(24-37-27-69-31-71-37)58(93)78-48(28-83)61(96)81-54(33(2)85)64(99)79-49(30-104)66(101)102/h3-7,9-12,14-17,26-27,31-33,40,42-50,53-54,70,83-86,103-104H,8,13,18-25,28-30,67H2,1-2H3,(H2,68,87)(H,69,71)(H,72,98)(H,73,90)(H,74,94)(H,75,92)(H,76,97)(H,77,91)(H,78,93)(H,79,99)(H,80,95)(H,81,96)(H,88,89)(H,101,102)/t32-,33-,40+,42+,43+,44+,45+,46+,47+,48+,49+,50+,53+,54+/m1/s1. The number of aromatic nitrogens is 3. The molecule has 3 heterocycles. The fourth-order valence-corrected chi connectivity index (χ4v) is 11.5. The van der Waals surface area contributed by atoms with Crippen molar-refractivity contribution in [1.82, 2.24) is 73.0 Å². The molecule has 1 saturated heterocycles. The number of amides is 12. The van der Waals surface area contributed by atoms with Crippen LogP contribution in [0.1, 0.15) is 68.3 Å². The number of aliphatic hydroxyl groups is 3. The van der Waals surface area contributed by atoms with Crippen molar-refractivity contribution in [3.05, 3.63) is 120 Å². The molecule has 0 saturated carbocycles. The van der Waals surface area contributed by atoms with Crippen molar-refractivity contribution >= 4 is 119 Å². The average molecular weight is 1490 g/mol. The van der Waals surface area contributed by atoms with Gasteiger partial charge in [-0.1, -0.05) is 60.7 Å². The summed E-state index contributed by atoms with van der Waals surface area (Å²) < 4.78 is 0. The number of imidazole rings is 1. The molecule has 0 bridgehead atoms. The molecule has 0 spiro atoms. The van der Waals surface area contributed by atoms with Gasteiger partial charge < -0.3 is 110 Å². The Labute approximate surface area is 605 Å². The number of phenolic OH excluding ortho intramolecular Hbond substituents is 1. The summed E-state index contributed by atoms with van der Waals surface area (Å²) in [4.78, 5) is 203. The van der Waals surface area contributed by atoms with Crippen LogP contribution in [0.4, 0.5) is 0 Å². The number of benzene rings is 3. The number of aromatic amines is 2. The monoisotopic (exact) mass is 1490 g/mol. The Balaban J connectivity index is 1.23. The van der Waals surface area contributed by atoms with Crippen molar-refractivity contribution in [2.24, 2.45) is 11.5 Å². The number of hydrogen-bond donors (Lipinski definition) is 22. The van der Waals surface area contributed by atoms with Crippen LogP contribution in [-0.2, 0) is 92.8 Å². The molecule has 6 rings (SSSR count). The van der Waals surface area contributed by atoms with Gasteiger partial charge in [0.25, 0.3) is 0 Å². The third kappa shape index (κ3) is 24.2. The van der Waals surface area contributed by atoms with Crippen molar-refractivity contribution in [3.63, 3.8) is 0 Å². The first-order valence-electron chi connectivity index (χ1n) is 32.8. The van der Waals surface area contributed by atoms with Crippen molar-refractivity contribution in [2.75, 3.05) is 24.7 Å². The van der Waals surface area contributed by atoms with Gasteiger partial charge in [0.1, 0.15) is 72.2 Å². The summed E-state index contributed by atoms with van der Waals surface area (Å²) >= 11 is 7.96. The van der Waals surface area contributed by atoms with Crippen LogP contribution in [-0.4, -0.2) is 243 Å². The third-order valence-corrected chi connectivity index (χ3v) is 17.4. The normalized spacial score (nSPS) is 16.4. The number of likely N-dealkylation sites (tertiary alicyclic amines) is 1. The summed E-state index contributed by atoms with van der Waals surface area (Å²) in [6, 6.07) is 0.591. The highest BCUT2D eigenvalue weighted by atomic mass is 32.1. The first-order chi connectivity index (χ1) is 49.4. The molecule has 0 radical (unpaired) electrons. The minimum absolute atomic E-state index is 0.0437. The van der Waals surface area contributed by atoms with E-state index in [1.54, 1.807) is 60.8 Å². The van der Waals surface area contributed by atoms with Crippen LogP contribution in [0.15, 0.2) is 97.6 Å². The second kappa shape index (κ2) is 39.7. The molecule has 2 aromatic heterocycles. The van der Waals surface area contributed by atoms with E-state index in [1.807, 2.05) is 0 Å². The van der Waals surface area contributed by atoms with Gasteiger partial charge in [0.15, 0.2) is 0 Å². The van der Waals surface area contributed by atoms with E-state index in [1.165, 1.54) is 36.8 Å². The van der Waals surface area contributed by atoms with E-state index >= 15 is 4.79 Å². The number of rotatable bonds is 40. The number of fused-ring (bicyclic) bond motifs is 1. The van der Waals surface area contributed by atoms with E-state index in [-0.39, 0.29) is 61.6 Å². The molecule has 0 unspecified atom stereocenters. The predicted molar refractivity (Wildman–Crippen MR) is 375 cm³/mol. The lowest BCUT2D eigenvalue weighted by Crippen LogP contribution is -2.62. The summed E-state index contributed by atoms with van der Waals surface area (Å²) in [5, 5.41) is 85.8. The molecule has 5 aromatic rings. The van der Waals surface area contributed by atoms with Gasteiger partial charge >= 0.3 is 11.9 Å². The quantitative estimate of drug-likeness (QED) is 0.0163. The molecular formula is C66H86N16O20S2. The number of aromatic hydroxyl groups is 1. The smallest absolute Gasteiger partial charge is 0.327 e. The highest BCUT2D eigenvalue weighted by Gasteiger charge is 2.42. The molecule has 1 aliphatic heterocycles. The van der Waals surface area contributed by atoms with Gasteiger partial charge in [0.05, 0.1) is 37.6 Å². The van der Waals surface area contributed by atoms with Gasteiger partial charge in [-0.05, 0) is 68.0 Å². The van der Waals surface area contributed by atoms with Crippen LogP contribution >= 0.6 is 25.3 Å². The predicted octanol–water partition coefficient (Wildman–Crippen LogP) is -5.53. The Morgan fingerprint density at radius 1 is 0.577 bits per heavy atom. The molecule has 1 fully saturated rings.